The zero-order valence-corrected chi connectivity index (χ0v) is 16.6. The van der Waals surface area contributed by atoms with Crippen LogP contribution in [-0.4, -0.2) is 47.4 Å². The second-order valence-electron chi connectivity index (χ2n) is 5.84. The van der Waals surface area contributed by atoms with E-state index < -0.39 is 0 Å². The summed E-state index contributed by atoms with van der Waals surface area (Å²) in [6, 6.07) is 5.62. The van der Waals surface area contributed by atoms with Crippen LogP contribution in [0.1, 0.15) is 28.1 Å². The maximum absolute atomic E-state index is 12.5. The molecule has 0 spiro atoms. The standard InChI is InChI=1S/C16H19N3O2S.C2H4N2.C2H2/c1-11-4-6-18-14(9-11)21-12-3-2-7-19(10-12)16(20)15-13(17)5-8-22-15;3-1-2-4;1-2/h4-6,8-9,12H,2-3,7,10,17H2,1H3;1-4H;1-2H/t12-;;/m1../s1. The van der Waals surface area contributed by atoms with Gasteiger partial charge in [-0.15, -0.1) is 24.2 Å². The Morgan fingerprint density at radius 3 is 2.68 bits per heavy atom. The van der Waals surface area contributed by atoms with Crippen LogP contribution in [0.2, 0.25) is 0 Å². The number of nitrogens with two attached hydrogens (primary N) is 1. The predicted octanol–water partition coefficient (Wildman–Crippen LogP) is 3.25. The van der Waals surface area contributed by atoms with E-state index in [0.29, 0.717) is 23.0 Å². The number of amides is 1. The first kappa shape index (κ1) is 22.9. The van der Waals surface area contributed by atoms with Crippen molar-refractivity contribution in [3.63, 3.8) is 0 Å². The summed E-state index contributed by atoms with van der Waals surface area (Å²) in [6.07, 6.45) is 13.4. The number of anilines is 1. The Kier molecular flexibility index (Phi) is 10.0. The van der Waals surface area contributed by atoms with Gasteiger partial charge in [0.1, 0.15) is 11.0 Å². The van der Waals surface area contributed by atoms with Crippen LogP contribution >= 0.6 is 11.3 Å². The number of piperidine rings is 1. The van der Waals surface area contributed by atoms with Gasteiger partial charge in [0.25, 0.3) is 5.91 Å². The fourth-order valence-electron chi connectivity index (χ4n) is 2.60. The van der Waals surface area contributed by atoms with Crippen LogP contribution in [0.5, 0.6) is 5.88 Å². The third kappa shape index (κ3) is 6.85. The number of rotatable bonds is 4. The lowest BCUT2D eigenvalue weighted by Crippen LogP contribution is -2.44. The van der Waals surface area contributed by atoms with Crippen LogP contribution in [0.25, 0.3) is 0 Å². The van der Waals surface area contributed by atoms with Crippen LogP contribution < -0.4 is 10.5 Å². The highest BCUT2D eigenvalue weighted by atomic mass is 32.1. The van der Waals surface area contributed by atoms with E-state index in [1.807, 2.05) is 29.3 Å². The van der Waals surface area contributed by atoms with Gasteiger partial charge in [-0.2, -0.15) is 0 Å². The molecule has 0 aromatic carbocycles. The zero-order chi connectivity index (χ0) is 20.9. The van der Waals surface area contributed by atoms with E-state index in [9.17, 15) is 4.79 Å². The van der Waals surface area contributed by atoms with Crippen molar-refractivity contribution >= 4 is 35.4 Å². The molecule has 1 aliphatic heterocycles. The lowest BCUT2D eigenvalue weighted by molar-refractivity contribution is 0.0533. The summed E-state index contributed by atoms with van der Waals surface area (Å²) in [5.74, 6) is 0.618. The van der Waals surface area contributed by atoms with E-state index in [-0.39, 0.29) is 12.0 Å². The normalized spacial score (nSPS) is 15.1. The van der Waals surface area contributed by atoms with E-state index in [2.05, 4.69) is 17.8 Å². The lowest BCUT2D eigenvalue weighted by Gasteiger charge is -2.32. The highest BCUT2D eigenvalue weighted by Gasteiger charge is 2.27. The molecule has 1 atom stereocenters. The number of pyridine rings is 1. The van der Waals surface area contributed by atoms with E-state index in [1.165, 1.54) is 11.3 Å². The SMILES string of the molecule is C#C.Cc1ccnc(O[C@@H]2CCCN(C(=O)c3sccc3N)C2)c1.N=CC=N. The zero-order valence-electron chi connectivity index (χ0n) is 15.8. The summed E-state index contributed by atoms with van der Waals surface area (Å²) in [4.78, 5) is 19.2. The number of carbonyl (C=O) groups is 1. The maximum Gasteiger partial charge on any atom is 0.266 e. The number of hydrogen-bond donors (Lipinski definition) is 3. The number of nitrogens with one attached hydrogen (secondary N) is 2. The molecule has 7 nitrogen and oxygen atoms in total. The van der Waals surface area contributed by atoms with E-state index in [1.54, 1.807) is 12.3 Å². The number of aryl methyl sites for hydroxylation is 1. The first-order chi connectivity index (χ1) is 13.5. The highest BCUT2D eigenvalue weighted by molar-refractivity contribution is 7.12. The molecular weight excluding hydrogens is 374 g/mol. The molecule has 0 radical (unpaired) electrons. The fraction of sp³-hybridized carbons (Fsp3) is 0.300. The van der Waals surface area contributed by atoms with Crippen LogP contribution in [0.4, 0.5) is 5.69 Å². The number of nitrogens with zero attached hydrogens (tertiary/aromatic N) is 2. The molecule has 0 saturated carbocycles. The first-order valence-electron chi connectivity index (χ1n) is 8.59. The third-order valence-electron chi connectivity index (χ3n) is 3.82. The third-order valence-corrected chi connectivity index (χ3v) is 4.73. The van der Waals surface area contributed by atoms with Gasteiger partial charge >= 0.3 is 0 Å². The Labute approximate surface area is 169 Å². The van der Waals surface area contributed by atoms with Crippen molar-refractivity contribution in [2.24, 2.45) is 0 Å². The Bertz CT molecular complexity index is 797. The van der Waals surface area contributed by atoms with Crippen molar-refractivity contribution in [2.45, 2.75) is 25.9 Å². The maximum atomic E-state index is 12.5. The average Bonchev–Trinajstić information content (AvgIpc) is 3.15. The van der Waals surface area contributed by atoms with Crippen LogP contribution in [0.3, 0.4) is 0 Å². The van der Waals surface area contributed by atoms with Crippen molar-refractivity contribution in [1.29, 1.82) is 10.8 Å². The van der Waals surface area contributed by atoms with Gasteiger partial charge in [0.05, 0.1) is 12.2 Å². The van der Waals surface area contributed by atoms with Crippen molar-refractivity contribution in [1.82, 2.24) is 9.88 Å². The molecule has 28 heavy (non-hydrogen) atoms. The Balaban J connectivity index is 0.000000583. The molecule has 1 fully saturated rings. The number of likely N-dealkylation sites (tertiary alicyclic amines) is 1. The molecule has 0 aliphatic carbocycles. The number of carbonyl (C=O) groups excluding carboxylic acids is 1. The predicted molar refractivity (Wildman–Crippen MR) is 115 cm³/mol. The molecule has 3 rings (SSSR count). The lowest BCUT2D eigenvalue weighted by atomic mass is 10.1. The summed E-state index contributed by atoms with van der Waals surface area (Å²) >= 11 is 1.39. The Hall–Kier alpha value is -3.18. The van der Waals surface area contributed by atoms with Gasteiger partial charge in [0.2, 0.25) is 5.88 Å². The van der Waals surface area contributed by atoms with Crippen LogP contribution in [0.15, 0.2) is 29.8 Å². The summed E-state index contributed by atoms with van der Waals surface area (Å²) in [7, 11) is 0. The number of nitrogen functional groups attached to an aromatic ring is 1. The van der Waals surface area contributed by atoms with Gasteiger partial charge in [-0.3, -0.25) is 4.79 Å². The Morgan fingerprint density at radius 2 is 2.11 bits per heavy atom. The molecule has 1 saturated heterocycles. The summed E-state index contributed by atoms with van der Waals surface area (Å²) in [6.45, 7) is 3.33. The second kappa shape index (κ2) is 12.3. The molecule has 1 amide bonds. The molecule has 4 N–H and O–H groups in total. The molecule has 0 unspecified atom stereocenters. The summed E-state index contributed by atoms with van der Waals surface area (Å²) in [5, 5.41) is 14.0. The molecule has 3 heterocycles. The number of thiophene rings is 1. The summed E-state index contributed by atoms with van der Waals surface area (Å²) in [5.41, 5.74) is 7.51. The van der Waals surface area contributed by atoms with Gasteiger partial charge in [0.15, 0.2) is 0 Å². The second-order valence-corrected chi connectivity index (χ2v) is 6.76. The average molecular weight is 400 g/mol. The van der Waals surface area contributed by atoms with Gasteiger partial charge in [0, 0.05) is 31.2 Å². The van der Waals surface area contributed by atoms with Gasteiger partial charge in [-0.25, -0.2) is 4.98 Å². The van der Waals surface area contributed by atoms with Crippen molar-refractivity contribution in [3.8, 4) is 18.7 Å². The number of hydrogen-bond acceptors (Lipinski definition) is 7. The van der Waals surface area contributed by atoms with Crippen LogP contribution in [0, 0.1) is 30.6 Å². The van der Waals surface area contributed by atoms with Crippen molar-refractivity contribution in [2.75, 3.05) is 18.8 Å². The molecule has 8 heteroatoms. The van der Waals surface area contributed by atoms with E-state index in [4.69, 9.17) is 21.3 Å². The largest absolute Gasteiger partial charge is 0.472 e. The molecule has 0 bridgehead atoms. The molecule has 2 aromatic heterocycles. The minimum atomic E-state index is -0.0202. The van der Waals surface area contributed by atoms with Crippen LogP contribution in [-0.2, 0) is 0 Å². The molecular formula is C20H25N5O2S. The number of terminal acetylenes is 1. The minimum Gasteiger partial charge on any atom is -0.472 e. The topological polar surface area (TPSA) is 116 Å². The monoisotopic (exact) mass is 399 g/mol. The quantitative estimate of drug-likeness (QED) is 0.540. The van der Waals surface area contributed by atoms with Gasteiger partial charge in [-0.1, -0.05) is 0 Å². The smallest absolute Gasteiger partial charge is 0.266 e. The van der Waals surface area contributed by atoms with Crippen molar-refractivity contribution in [3.05, 3.63) is 40.2 Å². The fourth-order valence-corrected chi connectivity index (χ4v) is 3.38. The number of aromatic nitrogens is 1. The van der Waals surface area contributed by atoms with E-state index >= 15 is 0 Å². The molecule has 148 valence electrons. The number of ether oxygens (including phenoxy) is 1. The van der Waals surface area contributed by atoms with Crippen molar-refractivity contribution < 1.29 is 9.53 Å². The van der Waals surface area contributed by atoms with Gasteiger partial charge in [-0.05, 0) is 42.8 Å². The highest BCUT2D eigenvalue weighted by Crippen LogP contribution is 2.24. The minimum absolute atomic E-state index is 0.00185. The van der Waals surface area contributed by atoms with E-state index in [0.717, 1.165) is 37.4 Å². The first-order valence-corrected chi connectivity index (χ1v) is 9.47. The summed E-state index contributed by atoms with van der Waals surface area (Å²) < 4.78 is 5.93. The molecule has 2 aromatic rings. The molecule has 1 aliphatic rings. The van der Waals surface area contributed by atoms with Gasteiger partial charge < -0.3 is 26.2 Å². The Morgan fingerprint density at radius 1 is 1.39 bits per heavy atom.